The van der Waals surface area contributed by atoms with Gasteiger partial charge in [-0.2, -0.15) is 0 Å². The van der Waals surface area contributed by atoms with Gasteiger partial charge in [-0.3, -0.25) is 0 Å². The van der Waals surface area contributed by atoms with Gasteiger partial charge in [-0.25, -0.2) is 0 Å². The molecule has 0 aliphatic carbocycles. The first kappa shape index (κ1) is 6.09. The maximum Gasteiger partial charge on any atom is 0.338 e. The van der Waals surface area contributed by atoms with Gasteiger partial charge in [-0.1, -0.05) is 13.2 Å². The van der Waals surface area contributed by atoms with E-state index < -0.39 is 0 Å². The van der Waals surface area contributed by atoms with E-state index in [1.165, 1.54) is 0 Å². The molecule has 11 heavy (non-hydrogen) atoms. The summed E-state index contributed by atoms with van der Waals surface area (Å²) in [5, 5.41) is 0. The van der Waals surface area contributed by atoms with E-state index >= 15 is 0 Å². The van der Waals surface area contributed by atoms with Crippen LogP contribution in [0.15, 0.2) is 48.7 Å². The van der Waals surface area contributed by atoms with Crippen LogP contribution in [0, 0.1) is 0 Å². The molecule has 2 heterocycles. The number of rotatable bonds is 4. The molecule has 0 saturated carbocycles. The van der Waals surface area contributed by atoms with Crippen LogP contribution in [0.25, 0.3) is 0 Å². The molecule has 2 rings (SSSR count). The lowest BCUT2D eigenvalue weighted by atomic mass is 10.6. The van der Waals surface area contributed by atoms with Crippen molar-refractivity contribution in [2.45, 2.75) is 0 Å². The van der Waals surface area contributed by atoms with Crippen LogP contribution in [0.4, 0.5) is 0 Å². The molecular formula is C8H6O3. The molecule has 0 radical (unpaired) electrons. The second-order valence-electron chi connectivity index (χ2n) is 2.02. The monoisotopic (exact) mass is 150 g/mol. The lowest BCUT2D eigenvalue weighted by molar-refractivity contribution is 0.169. The summed E-state index contributed by atoms with van der Waals surface area (Å²) in [7, 11) is 0. The minimum Gasteiger partial charge on any atom is -0.416 e. The zero-order chi connectivity index (χ0) is 7.84. The van der Waals surface area contributed by atoms with E-state index in [1.807, 2.05) is 0 Å². The van der Waals surface area contributed by atoms with E-state index in [1.54, 1.807) is 12.2 Å². The fourth-order valence-electron chi connectivity index (χ4n) is 0.625. The van der Waals surface area contributed by atoms with Crippen LogP contribution >= 0.6 is 0 Å². The van der Waals surface area contributed by atoms with Gasteiger partial charge >= 0.3 is 11.9 Å². The van der Waals surface area contributed by atoms with Crippen molar-refractivity contribution in [3.05, 3.63) is 48.7 Å². The topological polar surface area (TPSA) is 34.3 Å². The summed E-state index contributed by atoms with van der Waals surface area (Å²) >= 11 is 0. The van der Waals surface area contributed by atoms with Gasteiger partial charge in [-0.05, 0) is 12.2 Å². The first-order valence-corrected chi connectivity index (χ1v) is 3.12. The standard InChI is InChI=1S/C8H6O3/c1-3-5-7(9-5)11-8-6(4-2)10-8/h3-4H,1-2H2. The zero-order valence-corrected chi connectivity index (χ0v) is 5.79. The van der Waals surface area contributed by atoms with Crippen molar-refractivity contribution >= 4 is 0 Å². The number of hydrogen-bond donors (Lipinski definition) is 0. The molecule has 0 aromatic carbocycles. The highest BCUT2D eigenvalue weighted by Crippen LogP contribution is 2.37. The Kier molecular flexibility index (Phi) is 1.06. The highest BCUT2D eigenvalue weighted by molar-refractivity contribution is 5.28. The van der Waals surface area contributed by atoms with Crippen LogP contribution < -0.4 is 0 Å². The van der Waals surface area contributed by atoms with Gasteiger partial charge in [0.2, 0.25) is 11.5 Å². The Bertz CT molecular complexity index is 266. The maximum atomic E-state index is 5.05. The van der Waals surface area contributed by atoms with Gasteiger partial charge in [0.15, 0.2) is 0 Å². The largest absolute Gasteiger partial charge is 0.416 e. The normalized spacial score (nSPS) is 18.5. The number of allylic oxidation sites excluding steroid dienone is 2. The van der Waals surface area contributed by atoms with E-state index in [-0.39, 0.29) is 0 Å². The highest BCUT2D eigenvalue weighted by atomic mass is 16.8. The van der Waals surface area contributed by atoms with Crippen LogP contribution in [0.3, 0.4) is 0 Å². The second kappa shape index (κ2) is 1.92. The van der Waals surface area contributed by atoms with Crippen LogP contribution in [0.5, 0.6) is 0 Å². The predicted octanol–water partition coefficient (Wildman–Crippen LogP) is 1.77. The Hall–Kier alpha value is -1.64. The van der Waals surface area contributed by atoms with Gasteiger partial charge in [0.05, 0.1) is 0 Å². The van der Waals surface area contributed by atoms with Gasteiger partial charge in [0.1, 0.15) is 0 Å². The molecule has 2 aliphatic rings. The van der Waals surface area contributed by atoms with Crippen molar-refractivity contribution in [2.24, 2.45) is 0 Å². The van der Waals surface area contributed by atoms with Crippen LogP contribution in [-0.2, 0) is 14.2 Å². The zero-order valence-electron chi connectivity index (χ0n) is 5.79. The fraction of sp³-hybridized carbons (Fsp3) is 0. The molecule has 0 spiro atoms. The van der Waals surface area contributed by atoms with Gasteiger partial charge in [-0.15, -0.1) is 0 Å². The molecule has 3 heteroatoms. The summed E-state index contributed by atoms with van der Waals surface area (Å²) in [4.78, 5) is 0. The first-order valence-electron chi connectivity index (χ1n) is 3.12. The summed E-state index contributed by atoms with van der Waals surface area (Å²) in [6.07, 6.45) is 3.15. The molecule has 0 bridgehead atoms. The van der Waals surface area contributed by atoms with Crippen molar-refractivity contribution in [1.82, 2.24) is 0 Å². The lowest BCUT2D eigenvalue weighted by Crippen LogP contribution is -1.70. The van der Waals surface area contributed by atoms with Gasteiger partial charge < -0.3 is 14.2 Å². The maximum absolute atomic E-state index is 5.05. The van der Waals surface area contributed by atoms with Gasteiger partial charge in [0, 0.05) is 0 Å². The van der Waals surface area contributed by atoms with Crippen molar-refractivity contribution in [1.29, 1.82) is 0 Å². The van der Waals surface area contributed by atoms with E-state index in [0.717, 1.165) is 0 Å². The van der Waals surface area contributed by atoms with E-state index in [4.69, 9.17) is 14.2 Å². The Labute approximate surface area is 63.9 Å². The molecule has 0 aromatic heterocycles. The lowest BCUT2D eigenvalue weighted by Gasteiger charge is -1.80. The Morgan fingerprint density at radius 3 is 1.73 bits per heavy atom. The second-order valence-corrected chi connectivity index (χ2v) is 2.02. The van der Waals surface area contributed by atoms with E-state index in [2.05, 4.69) is 13.2 Å². The van der Waals surface area contributed by atoms with Gasteiger partial charge in [0.25, 0.3) is 0 Å². The summed E-state index contributed by atoms with van der Waals surface area (Å²) in [5.41, 5.74) is 0. The summed E-state index contributed by atoms with van der Waals surface area (Å²) in [6.45, 7) is 7.00. The smallest absolute Gasteiger partial charge is 0.338 e. The average molecular weight is 150 g/mol. The highest BCUT2D eigenvalue weighted by Gasteiger charge is 2.34. The van der Waals surface area contributed by atoms with Crippen molar-refractivity contribution < 1.29 is 14.2 Å². The Morgan fingerprint density at radius 2 is 1.45 bits per heavy atom. The molecule has 0 fully saturated rings. The average Bonchev–Trinajstić information content (AvgIpc) is 2.87. The third kappa shape index (κ3) is 1.00. The fourth-order valence-corrected chi connectivity index (χ4v) is 0.625. The predicted molar refractivity (Wildman–Crippen MR) is 37.7 cm³/mol. The minimum absolute atomic E-state index is 0.465. The molecule has 0 aromatic rings. The summed E-state index contributed by atoms with van der Waals surface area (Å²) in [5.74, 6) is 2.26. The molecule has 0 N–H and O–H groups in total. The van der Waals surface area contributed by atoms with Crippen LogP contribution in [0.1, 0.15) is 0 Å². The third-order valence-electron chi connectivity index (χ3n) is 1.28. The molecule has 0 saturated heterocycles. The molecule has 0 amide bonds. The quantitative estimate of drug-likeness (QED) is 0.612. The van der Waals surface area contributed by atoms with Crippen molar-refractivity contribution in [2.75, 3.05) is 0 Å². The van der Waals surface area contributed by atoms with E-state index in [9.17, 15) is 0 Å². The number of ether oxygens (including phenoxy) is 3. The SMILES string of the molecule is C=CC1=C(OC2=C(C=C)O2)O1. The first-order chi connectivity index (χ1) is 5.35. The van der Waals surface area contributed by atoms with Crippen molar-refractivity contribution in [3.8, 4) is 0 Å². The van der Waals surface area contributed by atoms with Crippen LogP contribution in [-0.4, -0.2) is 0 Å². The Balaban J connectivity index is 1.95. The van der Waals surface area contributed by atoms with E-state index in [0.29, 0.717) is 23.4 Å². The molecular weight excluding hydrogens is 144 g/mol. The van der Waals surface area contributed by atoms with Crippen LogP contribution in [0.2, 0.25) is 0 Å². The molecule has 2 aliphatic heterocycles. The summed E-state index contributed by atoms with van der Waals surface area (Å²) < 4.78 is 14.8. The molecule has 56 valence electrons. The summed E-state index contributed by atoms with van der Waals surface area (Å²) in [6, 6.07) is 0. The van der Waals surface area contributed by atoms with Crippen molar-refractivity contribution in [3.63, 3.8) is 0 Å². The molecule has 3 nitrogen and oxygen atoms in total. The Morgan fingerprint density at radius 1 is 1.00 bits per heavy atom. The minimum atomic E-state index is 0.465. The third-order valence-corrected chi connectivity index (χ3v) is 1.28. The molecule has 0 atom stereocenters. The molecule has 0 unspecified atom stereocenters. The number of hydrogen-bond acceptors (Lipinski definition) is 3.